The predicted molar refractivity (Wildman–Crippen MR) is 98.1 cm³/mol. The van der Waals surface area contributed by atoms with Crippen LogP contribution in [0.1, 0.15) is 16.8 Å². The molecule has 132 valence electrons. The largest absolute Gasteiger partial charge is 0.478 e. The molecule has 0 bridgehead atoms. The topological polar surface area (TPSA) is 45.7 Å². The van der Waals surface area contributed by atoms with Gasteiger partial charge in [0.2, 0.25) is 5.88 Å². The van der Waals surface area contributed by atoms with Crippen LogP contribution in [0.25, 0.3) is 0 Å². The number of hydrogen-bond acceptors (Lipinski definition) is 4. The summed E-state index contributed by atoms with van der Waals surface area (Å²) in [5, 5.41) is 0.441. The molecule has 0 radical (unpaired) electrons. The molecule has 1 aromatic heterocycles. The average Bonchev–Trinajstić information content (AvgIpc) is 2.66. The van der Waals surface area contributed by atoms with Crippen molar-refractivity contribution in [2.45, 2.75) is 6.42 Å². The van der Waals surface area contributed by atoms with E-state index in [9.17, 15) is 4.79 Å². The highest BCUT2D eigenvalue weighted by molar-refractivity contribution is 6.29. The highest BCUT2D eigenvalue weighted by atomic mass is 35.5. The molecule has 0 N–H and O–H groups in total. The first-order chi connectivity index (χ1) is 12.2. The number of hydrogen-bond donors (Lipinski definition) is 0. The van der Waals surface area contributed by atoms with Crippen molar-refractivity contribution in [3.8, 4) is 5.88 Å². The van der Waals surface area contributed by atoms with Crippen molar-refractivity contribution in [1.82, 2.24) is 14.8 Å². The Balaban J connectivity index is 1.36. The van der Waals surface area contributed by atoms with Crippen molar-refractivity contribution in [1.29, 1.82) is 0 Å². The highest BCUT2D eigenvalue weighted by Gasteiger charge is 2.21. The predicted octanol–water partition coefficient (Wildman–Crippen LogP) is 2.96. The van der Waals surface area contributed by atoms with Crippen molar-refractivity contribution in [3.63, 3.8) is 0 Å². The number of halogens is 1. The van der Waals surface area contributed by atoms with E-state index >= 15 is 0 Å². The number of ether oxygens (including phenoxy) is 1. The SMILES string of the molecule is O=C(c1ccccc1)N1CCN(CCCOc2cccc(Cl)n2)CC1. The number of rotatable bonds is 6. The zero-order chi connectivity index (χ0) is 17.5. The van der Waals surface area contributed by atoms with Crippen LogP contribution in [-0.4, -0.2) is 60.0 Å². The van der Waals surface area contributed by atoms with E-state index in [1.165, 1.54) is 0 Å². The van der Waals surface area contributed by atoms with Gasteiger partial charge in [0.05, 0.1) is 6.61 Å². The van der Waals surface area contributed by atoms with Crippen LogP contribution in [0.5, 0.6) is 5.88 Å². The van der Waals surface area contributed by atoms with Crippen molar-refractivity contribution in [2.24, 2.45) is 0 Å². The quantitative estimate of drug-likeness (QED) is 0.587. The number of piperazine rings is 1. The lowest BCUT2D eigenvalue weighted by atomic mass is 10.2. The molecule has 3 rings (SSSR count). The lowest BCUT2D eigenvalue weighted by Crippen LogP contribution is -2.49. The molecule has 1 amide bonds. The minimum Gasteiger partial charge on any atom is -0.478 e. The number of benzene rings is 1. The summed E-state index contributed by atoms with van der Waals surface area (Å²) in [5.74, 6) is 0.682. The van der Waals surface area contributed by atoms with Crippen molar-refractivity contribution in [2.75, 3.05) is 39.3 Å². The third-order valence-corrected chi connectivity index (χ3v) is 4.45. The molecule has 1 aliphatic heterocycles. The van der Waals surface area contributed by atoms with Crippen LogP contribution >= 0.6 is 11.6 Å². The van der Waals surface area contributed by atoms with Crippen molar-refractivity contribution in [3.05, 3.63) is 59.2 Å². The molecule has 2 aromatic rings. The molecular weight excluding hydrogens is 338 g/mol. The minimum atomic E-state index is 0.121. The second-order valence-electron chi connectivity index (χ2n) is 6.00. The first kappa shape index (κ1) is 17.7. The van der Waals surface area contributed by atoms with Crippen LogP contribution < -0.4 is 4.74 Å². The molecule has 6 heteroatoms. The summed E-state index contributed by atoms with van der Waals surface area (Å²) in [6, 6.07) is 14.8. The van der Waals surface area contributed by atoms with Gasteiger partial charge in [0, 0.05) is 44.4 Å². The Labute approximate surface area is 153 Å². The molecule has 0 saturated carbocycles. The van der Waals surface area contributed by atoms with Gasteiger partial charge in [0.15, 0.2) is 0 Å². The Kier molecular flexibility index (Phi) is 6.25. The number of amides is 1. The molecule has 0 aliphatic carbocycles. The van der Waals surface area contributed by atoms with Gasteiger partial charge in [0.25, 0.3) is 5.91 Å². The van der Waals surface area contributed by atoms with Crippen LogP contribution in [-0.2, 0) is 0 Å². The van der Waals surface area contributed by atoms with E-state index in [-0.39, 0.29) is 5.91 Å². The Morgan fingerprint density at radius 2 is 1.80 bits per heavy atom. The van der Waals surface area contributed by atoms with Gasteiger partial charge in [-0.25, -0.2) is 4.98 Å². The van der Waals surface area contributed by atoms with E-state index in [1.807, 2.05) is 41.3 Å². The average molecular weight is 360 g/mol. The standard InChI is InChI=1S/C19H22ClN3O2/c20-17-8-4-9-18(21-17)25-15-5-10-22-11-13-23(14-12-22)19(24)16-6-2-1-3-7-16/h1-4,6-9H,5,10-15H2. The van der Waals surface area contributed by atoms with Crippen LogP contribution in [0.3, 0.4) is 0 Å². The molecular formula is C19H22ClN3O2. The summed E-state index contributed by atoms with van der Waals surface area (Å²) in [4.78, 5) is 20.8. The maximum Gasteiger partial charge on any atom is 0.253 e. The third-order valence-electron chi connectivity index (χ3n) is 4.24. The van der Waals surface area contributed by atoms with E-state index in [0.717, 1.165) is 44.7 Å². The van der Waals surface area contributed by atoms with E-state index in [2.05, 4.69) is 9.88 Å². The summed E-state index contributed by atoms with van der Waals surface area (Å²) in [6.45, 7) is 4.89. The van der Waals surface area contributed by atoms with Gasteiger partial charge in [-0.15, -0.1) is 0 Å². The normalized spacial score (nSPS) is 15.2. The molecule has 2 heterocycles. The molecule has 0 atom stereocenters. The lowest BCUT2D eigenvalue weighted by Gasteiger charge is -2.34. The van der Waals surface area contributed by atoms with Gasteiger partial charge in [-0.1, -0.05) is 35.9 Å². The van der Waals surface area contributed by atoms with E-state index in [0.29, 0.717) is 17.6 Å². The summed E-state index contributed by atoms with van der Waals surface area (Å²) in [7, 11) is 0. The van der Waals surface area contributed by atoms with Gasteiger partial charge < -0.3 is 9.64 Å². The fourth-order valence-corrected chi connectivity index (χ4v) is 3.03. The Morgan fingerprint density at radius 1 is 1.04 bits per heavy atom. The minimum absolute atomic E-state index is 0.121. The monoisotopic (exact) mass is 359 g/mol. The number of carbonyl (C=O) groups is 1. The summed E-state index contributed by atoms with van der Waals surface area (Å²) in [6.07, 6.45) is 0.917. The van der Waals surface area contributed by atoms with Crippen molar-refractivity contribution >= 4 is 17.5 Å². The zero-order valence-corrected chi connectivity index (χ0v) is 14.9. The molecule has 25 heavy (non-hydrogen) atoms. The summed E-state index contributed by atoms with van der Waals surface area (Å²) < 4.78 is 5.61. The number of pyridine rings is 1. The number of carbonyl (C=O) groups excluding carboxylic acids is 1. The van der Waals surface area contributed by atoms with Gasteiger partial charge in [0.1, 0.15) is 5.15 Å². The molecule has 5 nitrogen and oxygen atoms in total. The van der Waals surface area contributed by atoms with Crippen LogP contribution in [0.2, 0.25) is 5.15 Å². The van der Waals surface area contributed by atoms with E-state index in [4.69, 9.17) is 16.3 Å². The fraction of sp³-hybridized carbons (Fsp3) is 0.368. The van der Waals surface area contributed by atoms with Gasteiger partial charge in [-0.3, -0.25) is 9.69 Å². The smallest absolute Gasteiger partial charge is 0.253 e. The van der Waals surface area contributed by atoms with Gasteiger partial charge in [-0.2, -0.15) is 0 Å². The first-order valence-electron chi connectivity index (χ1n) is 8.54. The Hall–Kier alpha value is -2.11. The molecule has 1 saturated heterocycles. The summed E-state index contributed by atoms with van der Waals surface area (Å²) in [5.41, 5.74) is 0.762. The third kappa shape index (κ3) is 5.18. The fourth-order valence-electron chi connectivity index (χ4n) is 2.87. The Morgan fingerprint density at radius 3 is 2.52 bits per heavy atom. The van der Waals surface area contributed by atoms with Gasteiger partial charge >= 0.3 is 0 Å². The van der Waals surface area contributed by atoms with Crippen molar-refractivity contribution < 1.29 is 9.53 Å². The van der Waals surface area contributed by atoms with Crippen LogP contribution in [0, 0.1) is 0 Å². The van der Waals surface area contributed by atoms with Crippen LogP contribution in [0.4, 0.5) is 0 Å². The van der Waals surface area contributed by atoms with Gasteiger partial charge in [-0.05, 0) is 24.6 Å². The molecule has 1 aliphatic rings. The van der Waals surface area contributed by atoms with Crippen LogP contribution in [0.15, 0.2) is 48.5 Å². The maximum atomic E-state index is 12.4. The first-order valence-corrected chi connectivity index (χ1v) is 8.92. The molecule has 0 spiro atoms. The molecule has 0 unspecified atom stereocenters. The van der Waals surface area contributed by atoms with E-state index in [1.54, 1.807) is 12.1 Å². The molecule has 1 fully saturated rings. The number of nitrogens with zero attached hydrogens (tertiary/aromatic N) is 3. The number of aromatic nitrogens is 1. The zero-order valence-electron chi connectivity index (χ0n) is 14.1. The highest BCUT2D eigenvalue weighted by Crippen LogP contribution is 2.12. The Bertz CT molecular complexity index is 688. The molecule has 1 aromatic carbocycles. The second kappa shape index (κ2) is 8.83. The van der Waals surface area contributed by atoms with E-state index < -0.39 is 0 Å². The lowest BCUT2D eigenvalue weighted by molar-refractivity contribution is 0.0630. The summed E-state index contributed by atoms with van der Waals surface area (Å²) >= 11 is 5.83. The maximum absolute atomic E-state index is 12.4. The second-order valence-corrected chi connectivity index (χ2v) is 6.39.